The molecule has 8 rings (SSSR count). The van der Waals surface area contributed by atoms with E-state index in [9.17, 15) is 18.8 Å². The maximum Gasteiger partial charge on any atom is 0.319 e. The number of halogens is 4. The molecule has 0 aliphatic carbocycles. The van der Waals surface area contributed by atoms with Gasteiger partial charge < -0.3 is 25.0 Å². The second kappa shape index (κ2) is 11.0. The van der Waals surface area contributed by atoms with E-state index in [1.54, 1.807) is 11.9 Å². The number of alkyl halides is 1. The highest BCUT2D eigenvalue weighted by Gasteiger charge is 2.49. The normalized spacial score (nSPS) is 25.4. The summed E-state index contributed by atoms with van der Waals surface area (Å²) in [4.78, 5) is 26.6. The van der Waals surface area contributed by atoms with Crippen molar-refractivity contribution in [1.82, 2.24) is 19.8 Å². The van der Waals surface area contributed by atoms with E-state index in [0.29, 0.717) is 38.3 Å². The zero-order chi connectivity index (χ0) is 32.8. The van der Waals surface area contributed by atoms with Gasteiger partial charge in [0.2, 0.25) is 6.41 Å². The minimum atomic E-state index is -0.963. The quantitative estimate of drug-likeness (QED) is 0.280. The van der Waals surface area contributed by atoms with E-state index in [0.717, 1.165) is 37.1 Å². The number of nitrogen functional groups attached to an aromatic ring is 1. The highest BCUT2D eigenvalue weighted by molar-refractivity contribution is 7.23. The number of piperidine rings is 1. The van der Waals surface area contributed by atoms with Crippen LogP contribution >= 0.6 is 22.9 Å². The molecule has 4 atom stereocenters. The molecular weight excluding hydrogens is 655 g/mol. The molecule has 2 aromatic heterocycles. The van der Waals surface area contributed by atoms with Crippen molar-refractivity contribution in [3.63, 3.8) is 0 Å². The molecule has 47 heavy (non-hydrogen) atoms. The Hall–Kier alpha value is -4.06. The van der Waals surface area contributed by atoms with E-state index >= 15 is 4.39 Å². The molecular formula is C32H29ClF3N7O3S. The molecule has 0 bridgehead atoms. The van der Waals surface area contributed by atoms with Gasteiger partial charge in [-0.25, -0.2) is 13.2 Å². The van der Waals surface area contributed by atoms with Crippen LogP contribution in [0.5, 0.6) is 11.8 Å². The van der Waals surface area contributed by atoms with Crippen molar-refractivity contribution in [2.24, 2.45) is 0 Å². The monoisotopic (exact) mass is 683 g/mol. The molecule has 0 spiro atoms. The predicted octanol–water partition coefficient (Wildman–Crippen LogP) is 5.28. The third kappa shape index (κ3) is 4.50. The number of aromatic nitrogens is 2. The largest absolute Gasteiger partial charge is 0.486 e. The average Bonchev–Trinajstić information content (AvgIpc) is 3.69. The van der Waals surface area contributed by atoms with Gasteiger partial charge >= 0.3 is 6.01 Å². The van der Waals surface area contributed by atoms with E-state index in [2.05, 4.69) is 9.88 Å². The van der Waals surface area contributed by atoms with Crippen LogP contribution in [0.25, 0.3) is 32.1 Å². The number of thiophene rings is 1. The van der Waals surface area contributed by atoms with Crippen LogP contribution in [0.2, 0.25) is 5.02 Å². The summed E-state index contributed by atoms with van der Waals surface area (Å²) in [6, 6.07) is 4.08. The maximum absolute atomic E-state index is 17.1. The number of likely N-dealkylation sites (N-methyl/N-ethyl adjacent to an activating group) is 1. The molecule has 3 saturated heterocycles. The lowest BCUT2D eigenvalue weighted by Crippen LogP contribution is -2.55. The number of carbonyl (C=O) groups excluding carboxylic acids is 1. The zero-order valence-corrected chi connectivity index (χ0v) is 26.8. The molecule has 3 fully saturated rings. The van der Waals surface area contributed by atoms with Gasteiger partial charge in [-0.3, -0.25) is 9.69 Å². The third-order valence-electron chi connectivity index (χ3n) is 10.2. The number of nitriles is 1. The summed E-state index contributed by atoms with van der Waals surface area (Å²) in [5, 5.41) is 10.3. The lowest BCUT2D eigenvalue weighted by molar-refractivity contribution is -0.120. The summed E-state index contributed by atoms with van der Waals surface area (Å²) in [6.45, 7) is 2.00. The summed E-state index contributed by atoms with van der Waals surface area (Å²) in [7, 11) is 1.79. The van der Waals surface area contributed by atoms with Gasteiger partial charge in [-0.2, -0.15) is 15.2 Å². The predicted molar refractivity (Wildman–Crippen MR) is 172 cm³/mol. The van der Waals surface area contributed by atoms with Crippen LogP contribution in [-0.2, 0) is 4.79 Å². The van der Waals surface area contributed by atoms with Gasteiger partial charge in [0.25, 0.3) is 0 Å². The topological polar surface area (TPSA) is 121 Å². The molecule has 1 amide bonds. The van der Waals surface area contributed by atoms with Gasteiger partial charge in [-0.05, 0) is 31.0 Å². The first-order valence-electron chi connectivity index (χ1n) is 15.4. The molecule has 2 unspecified atom stereocenters. The van der Waals surface area contributed by atoms with E-state index in [4.69, 9.17) is 31.8 Å². The molecule has 0 radical (unpaired) electrons. The fourth-order valence-corrected chi connectivity index (χ4v) is 9.18. The second-order valence-electron chi connectivity index (χ2n) is 12.7. The number of nitrogens with zero attached hydrogens (tertiary/aromatic N) is 6. The highest BCUT2D eigenvalue weighted by atomic mass is 35.5. The molecule has 4 aliphatic heterocycles. The fraction of sp³-hybridized carbons (Fsp3) is 0.438. The number of likely N-dealkylation sites (tertiary alicyclic amines) is 1. The molecule has 4 aliphatic rings. The minimum absolute atomic E-state index is 0.0124. The van der Waals surface area contributed by atoms with Crippen molar-refractivity contribution in [2.75, 3.05) is 50.5 Å². The smallest absolute Gasteiger partial charge is 0.319 e. The number of anilines is 2. The van der Waals surface area contributed by atoms with Gasteiger partial charge in [-0.1, -0.05) is 17.7 Å². The Morgan fingerprint density at radius 1 is 1.28 bits per heavy atom. The van der Waals surface area contributed by atoms with E-state index < -0.39 is 29.4 Å². The molecule has 6 heterocycles. The maximum atomic E-state index is 17.1. The van der Waals surface area contributed by atoms with Crippen LogP contribution in [0.4, 0.5) is 24.0 Å². The summed E-state index contributed by atoms with van der Waals surface area (Å²) in [6.07, 6.45) is 1.83. The zero-order valence-electron chi connectivity index (χ0n) is 25.2. The van der Waals surface area contributed by atoms with Gasteiger partial charge in [0.1, 0.15) is 47.1 Å². The first-order valence-corrected chi connectivity index (χ1v) is 16.6. The number of fused-ring (bicyclic) bond motifs is 3. The summed E-state index contributed by atoms with van der Waals surface area (Å²) < 4.78 is 59.5. The van der Waals surface area contributed by atoms with Crippen molar-refractivity contribution < 1.29 is 27.4 Å². The van der Waals surface area contributed by atoms with Gasteiger partial charge in [0.05, 0.1) is 32.3 Å². The molecule has 4 aromatic rings. The van der Waals surface area contributed by atoms with Crippen LogP contribution in [0.3, 0.4) is 0 Å². The SMILES string of the molecule is CN1c2nc(OC[C@@]34CCCN3C[C@H](F)C4)nc3c(F)c(-c4ccc(F)c5sc(N)c(C#N)c45)c(Cl)c(c23)OC2CCN(C=O)CC21. The highest BCUT2D eigenvalue weighted by Crippen LogP contribution is 2.52. The number of benzene rings is 2. The molecule has 10 nitrogen and oxygen atoms in total. The van der Waals surface area contributed by atoms with E-state index in [1.807, 2.05) is 11.0 Å². The van der Waals surface area contributed by atoms with Gasteiger partial charge in [0, 0.05) is 50.5 Å². The van der Waals surface area contributed by atoms with Crippen LogP contribution in [0, 0.1) is 23.0 Å². The van der Waals surface area contributed by atoms with Crippen molar-refractivity contribution in [3.05, 3.63) is 34.4 Å². The number of amides is 1. The number of carbonyl (C=O) groups is 1. The molecule has 15 heteroatoms. The van der Waals surface area contributed by atoms with Crippen LogP contribution < -0.4 is 20.1 Å². The van der Waals surface area contributed by atoms with E-state index in [1.165, 1.54) is 12.1 Å². The Morgan fingerprint density at radius 3 is 2.89 bits per heavy atom. The Balaban J connectivity index is 1.35. The molecule has 2 aromatic carbocycles. The number of nitrogens with two attached hydrogens (primary N) is 1. The first-order chi connectivity index (χ1) is 22.6. The first kappa shape index (κ1) is 30.3. The number of ether oxygens (including phenoxy) is 2. The number of rotatable bonds is 5. The molecule has 0 saturated carbocycles. The van der Waals surface area contributed by atoms with Crippen molar-refractivity contribution in [1.29, 1.82) is 5.26 Å². The standard InChI is InChI=1S/C32H29ClF3N7O3S/c1-41-19-12-42(14-44)8-5-20(19)46-27-23-26(39-31(40-30(23)41)45-13-32-6-2-7-43(32)11-15(34)9-32)25(36)22(24(27)33)16-3-4-18(35)28-21(16)17(10-37)29(38)47-28/h3-4,14-15,19-20H,2,5-9,11-13,38H2,1H3/t15-,19?,20?,32+/m1/s1. The van der Waals surface area contributed by atoms with Gasteiger partial charge in [0.15, 0.2) is 11.6 Å². The summed E-state index contributed by atoms with van der Waals surface area (Å²) in [5.74, 6) is -1.02. The van der Waals surface area contributed by atoms with Crippen molar-refractivity contribution in [3.8, 4) is 29.0 Å². The van der Waals surface area contributed by atoms with Crippen LogP contribution in [0.1, 0.15) is 31.2 Å². The number of hydrogen-bond donors (Lipinski definition) is 1. The average molecular weight is 684 g/mol. The van der Waals surface area contributed by atoms with E-state index in [-0.39, 0.29) is 72.1 Å². The lowest BCUT2D eigenvalue weighted by Gasteiger charge is -2.40. The van der Waals surface area contributed by atoms with Gasteiger partial charge in [-0.15, -0.1) is 11.3 Å². The Morgan fingerprint density at radius 2 is 2.11 bits per heavy atom. The Labute approximate surface area is 276 Å². The van der Waals surface area contributed by atoms with Crippen molar-refractivity contribution in [2.45, 2.75) is 49.5 Å². The number of hydrogen-bond acceptors (Lipinski definition) is 10. The summed E-state index contributed by atoms with van der Waals surface area (Å²) >= 11 is 7.96. The summed E-state index contributed by atoms with van der Waals surface area (Å²) in [5.41, 5.74) is 5.48. The third-order valence-corrected chi connectivity index (χ3v) is 11.6. The second-order valence-corrected chi connectivity index (χ2v) is 14.2. The lowest BCUT2D eigenvalue weighted by atomic mass is 9.95. The molecule has 2 N–H and O–H groups in total. The van der Waals surface area contributed by atoms with Crippen LogP contribution in [0.15, 0.2) is 12.1 Å². The van der Waals surface area contributed by atoms with Crippen LogP contribution in [-0.4, -0.2) is 89.9 Å². The minimum Gasteiger partial charge on any atom is -0.486 e. The molecule has 244 valence electrons. The Bertz CT molecular complexity index is 2020. The fourth-order valence-electron chi connectivity index (χ4n) is 7.91. The van der Waals surface area contributed by atoms with Crippen molar-refractivity contribution >= 4 is 61.2 Å². The Kier molecular flexibility index (Phi) is 7.09.